The average molecular weight is 466 g/mol. The molecule has 5 rings (SSSR count). The highest BCUT2D eigenvalue weighted by Crippen LogP contribution is 2.23. The van der Waals surface area contributed by atoms with Gasteiger partial charge in [-0.25, -0.2) is 4.98 Å². The molecule has 0 aliphatic rings. The Hall–Kier alpha value is -4.06. The van der Waals surface area contributed by atoms with Crippen molar-refractivity contribution in [3.8, 4) is 17.4 Å². The van der Waals surface area contributed by atoms with Crippen LogP contribution in [0.5, 0.6) is 5.75 Å². The Kier molecular flexibility index (Phi) is 6.03. The van der Waals surface area contributed by atoms with Crippen molar-refractivity contribution in [1.29, 1.82) is 0 Å². The second-order valence-corrected chi connectivity index (χ2v) is 9.17. The molecule has 0 spiro atoms. The van der Waals surface area contributed by atoms with E-state index in [1.54, 1.807) is 7.11 Å². The summed E-state index contributed by atoms with van der Waals surface area (Å²) in [4.78, 5) is 5.07. The molecule has 178 valence electrons. The Morgan fingerprint density at radius 1 is 0.714 bits per heavy atom. The molecule has 0 radical (unpaired) electrons. The minimum absolute atomic E-state index is 0.702. The molecule has 0 fully saturated rings. The van der Waals surface area contributed by atoms with Gasteiger partial charge < -0.3 is 13.9 Å². The van der Waals surface area contributed by atoms with E-state index < -0.39 is 0 Å². The van der Waals surface area contributed by atoms with Crippen LogP contribution < -0.4 is 4.74 Å². The van der Waals surface area contributed by atoms with Crippen LogP contribution in [0, 0.1) is 27.7 Å². The monoisotopic (exact) mass is 465 g/mol. The zero-order valence-corrected chi connectivity index (χ0v) is 21.0. The van der Waals surface area contributed by atoms with Gasteiger partial charge in [0.25, 0.3) is 0 Å². The lowest BCUT2D eigenvalue weighted by molar-refractivity contribution is 0.414. The molecule has 6 heteroatoms. The van der Waals surface area contributed by atoms with Gasteiger partial charge in [-0.2, -0.15) is 5.10 Å². The SMILES string of the molecule is COc1cccc(Cn2cc(Cc3cc(-n4c(C)ccc4C)nc(-n4c(C)ccc4C)c3)cn2)c1. The standard InChI is InChI=1S/C29H31N5O/c1-20-9-10-21(2)33(20)28-15-25(16-29(31-28)34-22(3)11-12-23(34)4)13-26-17-30-32(19-26)18-24-7-6-8-27(14-24)35-5/h6-12,14-17,19H,13,18H2,1-5H3. The molecule has 1 aromatic carbocycles. The van der Waals surface area contributed by atoms with Gasteiger partial charge in [0.1, 0.15) is 17.4 Å². The van der Waals surface area contributed by atoms with Crippen LogP contribution in [0.2, 0.25) is 0 Å². The molecule has 5 aromatic rings. The first-order valence-corrected chi connectivity index (χ1v) is 11.9. The summed E-state index contributed by atoms with van der Waals surface area (Å²) < 4.78 is 11.8. The summed E-state index contributed by atoms with van der Waals surface area (Å²) in [6.45, 7) is 9.19. The van der Waals surface area contributed by atoms with E-state index in [1.165, 1.54) is 28.3 Å². The lowest BCUT2D eigenvalue weighted by atomic mass is 10.1. The molecule has 0 aliphatic heterocycles. The maximum Gasteiger partial charge on any atom is 0.139 e. The van der Waals surface area contributed by atoms with E-state index in [1.807, 2.05) is 29.1 Å². The van der Waals surface area contributed by atoms with Crippen LogP contribution in [0.4, 0.5) is 0 Å². The molecule has 6 nitrogen and oxygen atoms in total. The number of aromatic nitrogens is 5. The number of rotatable bonds is 7. The Balaban J connectivity index is 1.49. The molecule has 0 saturated carbocycles. The predicted octanol–water partition coefficient (Wildman–Crippen LogP) is 5.74. The summed E-state index contributed by atoms with van der Waals surface area (Å²) in [5, 5.41) is 4.61. The van der Waals surface area contributed by atoms with E-state index in [0.29, 0.717) is 6.54 Å². The minimum Gasteiger partial charge on any atom is -0.497 e. The van der Waals surface area contributed by atoms with Crippen molar-refractivity contribution < 1.29 is 4.74 Å². The van der Waals surface area contributed by atoms with E-state index in [0.717, 1.165) is 34.9 Å². The van der Waals surface area contributed by atoms with Crippen LogP contribution in [0.25, 0.3) is 11.6 Å². The largest absolute Gasteiger partial charge is 0.497 e. The number of nitrogens with zero attached hydrogens (tertiary/aromatic N) is 5. The molecule has 0 unspecified atom stereocenters. The molecular weight excluding hydrogens is 434 g/mol. The summed E-state index contributed by atoms with van der Waals surface area (Å²) in [7, 11) is 1.69. The number of pyridine rings is 1. The number of benzene rings is 1. The molecule has 4 heterocycles. The van der Waals surface area contributed by atoms with Crippen LogP contribution in [0.15, 0.2) is 73.1 Å². The van der Waals surface area contributed by atoms with Crippen LogP contribution in [0.1, 0.15) is 39.5 Å². The number of hydrogen-bond donors (Lipinski definition) is 0. The van der Waals surface area contributed by atoms with Crippen molar-refractivity contribution in [3.05, 3.63) is 113 Å². The fraction of sp³-hybridized carbons (Fsp3) is 0.241. The third-order valence-corrected chi connectivity index (χ3v) is 6.43. The number of ether oxygens (including phenoxy) is 1. The zero-order chi connectivity index (χ0) is 24.5. The second kappa shape index (κ2) is 9.29. The van der Waals surface area contributed by atoms with Crippen molar-refractivity contribution in [3.63, 3.8) is 0 Å². The third-order valence-electron chi connectivity index (χ3n) is 6.43. The van der Waals surface area contributed by atoms with Gasteiger partial charge in [-0.15, -0.1) is 0 Å². The van der Waals surface area contributed by atoms with Crippen LogP contribution in [-0.2, 0) is 13.0 Å². The first-order chi connectivity index (χ1) is 16.9. The Morgan fingerprint density at radius 3 is 1.89 bits per heavy atom. The van der Waals surface area contributed by atoms with Gasteiger partial charge in [0.2, 0.25) is 0 Å². The molecule has 35 heavy (non-hydrogen) atoms. The Morgan fingerprint density at radius 2 is 1.31 bits per heavy atom. The van der Waals surface area contributed by atoms with Gasteiger partial charge in [0.15, 0.2) is 0 Å². The summed E-state index contributed by atoms with van der Waals surface area (Å²) in [5.74, 6) is 2.74. The normalized spacial score (nSPS) is 11.2. The summed E-state index contributed by atoms with van der Waals surface area (Å²) >= 11 is 0. The van der Waals surface area contributed by atoms with E-state index in [2.05, 4.69) is 90.6 Å². The third kappa shape index (κ3) is 4.64. The van der Waals surface area contributed by atoms with Gasteiger partial charge >= 0.3 is 0 Å². The summed E-state index contributed by atoms with van der Waals surface area (Å²) in [6.07, 6.45) is 4.86. The number of aryl methyl sites for hydroxylation is 4. The average Bonchev–Trinajstić information content (AvgIpc) is 3.52. The quantitative estimate of drug-likeness (QED) is 0.308. The van der Waals surface area contributed by atoms with E-state index >= 15 is 0 Å². The summed E-state index contributed by atoms with van der Waals surface area (Å²) in [5.41, 5.74) is 8.21. The first-order valence-electron chi connectivity index (χ1n) is 11.9. The van der Waals surface area contributed by atoms with Gasteiger partial charge in [0.05, 0.1) is 19.9 Å². The van der Waals surface area contributed by atoms with E-state index in [4.69, 9.17) is 9.72 Å². The van der Waals surface area contributed by atoms with Crippen LogP contribution in [-0.4, -0.2) is 31.0 Å². The maximum absolute atomic E-state index is 5.35. The first kappa shape index (κ1) is 22.7. The summed E-state index contributed by atoms with van der Waals surface area (Å²) in [6, 6.07) is 21.0. The molecule has 0 amide bonds. The highest BCUT2D eigenvalue weighted by molar-refractivity contribution is 5.44. The van der Waals surface area contributed by atoms with Crippen LogP contribution >= 0.6 is 0 Å². The fourth-order valence-electron chi connectivity index (χ4n) is 4.72. The fourth-order valence-corrected chi connectivity index (χ4v) is 4.72. The number of hydrogen-bond acceptors (Lipinski definition) is 3. The van der Waals surface area contributed by atoms with Gasteiger partial charge in [-0.05, 0) is 92.9 Å². The predicted molar refractivity (Wildman–Crippen MR) is 139 cm³/mol. The van der Waals surface area contributed by atoms with Crippen molar-refractivity contribution in [2.45, 2.75) is 40.7 Å². The van der Waals surface area contributed by atoms with Crippen molar-refractivity contribution in [2.24, 2.45) is 0 Å². The molecule has 0 N–H and O–H groups in total. The van der Waals surface area contributed by atoms with Gasteiger partial charge in [-0.3, -0.25) is 4.68 Å². The van der Waals surface area contributed by atoms with Crippen molar-refractivity contribution in [1.82, 2.24) is 23.9 Å². The zero-order valence-electron chi connectivity index (χ0n) is 21.0. The molecule has 4 aromatic heterocycles. The molecule has 0 aliphatic carbocycles. The van der Waals surface area contributed by atoms with Crippen LogP contribution in [0.3, 0.4) is 0 Å². The molecule has 0 saturated heterocycles. The van der Waals surface area contributed by atoms with E-state index in [-0.39, 0.29) is 0 Å². The molecule has 0 atom stereocenters. The lowest BCUT2D eigenvalue weighted by Crippen LogP contribution is -2.09. The van der Waals surface area contributed by atoms with Crippen molar-refractivity contribution in [2.75, 3.05) is 7.11 Å². The maximum atomic E-state index is 5.35. The minimum atomic E-state index is 0.702. The second-order valence-electron chi connectivity index (χ2n) is 9.17. The smallest absolute Gasteiger partial charge is 0.139 e. The van der Waals surface area contributed by atoms with E-state index in [9.17, 15) is 0 Å². The topological polar surface area (TPSA) is 49.8 Å². The Labute approximate surface area is 206 Å². The van der Waals surface area contributed by atoms with Crippen molar-refractivity contribution >= 4 is 0 Å². The highest BCUT2D eigenvalue weighted by atomic mass is 16.5. The highest BCUT2D eigenvalue weighted by Gasteiger charge is 2.13. The lowest BCUT2D eigenvalue weighted by Gasteiger charge is -2.15. The molecule has 0 bridgehead atoms. The van der Waals surface area contributed by atoms with Gasteiger partial charge in [-0.1, -0.05) is 12.1 Å². The molecular formula is C29H31N5O. The van der Waals surface area contributed by atoms with Gasteiger partial charge in [0, 0.05) is 35.4 Å². The number of methoxy groups -OCH3 is 1. The Bertz CT molecular complexity index is 1380.